The minimum absolute atomic E-state index is 0.313. The summed E-state index contributed by atoms with van der Waals surface area (Å²) in [6, 6.07) is 0. The number of rotatable bonds is 4. The van der Waals surface area contributed by atoms with Crippen molar-refractivity contribution in [3.8, 4) is 0 Å². The van der Waals surface area contributed by atoms with Crippen LogP contribution in [0.3, 0.4) is 0 Å². The first-order valence-electron chi connectivity index (χ1n) is 7.31. The average Bonchev–Trinajstić information content (AvgIpc) is 2.85. The van der Waals surface area contributed by atoms with Gasteiger partial charge >= 0.3 is 0 Å². The smallest absolute Gasteiger partial charge is 0.227 e. The van der Waals surface area contributed by atoms with Crippen molar-refractivity contribution in [3.63, 3.8) is 0 Å². The highest BCUT2D eigenvalue weighted by molar-refractivity contribution is 5.04. The molecule has 1 aromatic heterocycles. The highest BCUT2D eigenvalue weighted by atomic mass is 16.5. The molecule has 1 saturated carbocycles. The molecule has 2 fully saturated rings. The molecule has 0 atom stereocenters. The molecule has 2 heterocycles. The minimum atomic E-state index is -0.313. The number of aromatic nitrogens is 2. The summed E-state index contributed by atoms with van der Waals surface area (Å²) in [5.41, 5.74) is -0.313. The Labute approximate surface area is 114 Å². The van der Waals surface area contributed by atoms with Crippen LogP contribution in [0.5, 0.6) is 0 Å². The van der Waals surface area contributed by atoms with E-state index in [1.54, 1.807) is 7.11 Å². The number of nitrogens with zero attached hydrogens (tertiary/aromatic N) is 2. The van der Waals surface area contributed by atoms with Gasteiger partial charge in [-0.05, 0) is 50.6 Å². The first-order valence-corrected chi connectivity index (χ1v) is 7.31. The van der Waals surface area contributed by atoms with E-state index in [4.69, 9.17) is 9.26 Å². The predicted molar refractivity (Wildman–Crippen MR) is 70.7 cm³/mol. The molecule has 0 amide bonds. The zero-order valence-electron chi connectivity index (χ0n) is 11.8. The lowest BCUT2D eigenvalue weighted by molar-refractivity contribution is -0.0609. The molecule has 0 radical (unpaired) electrons. The summed E-state index contributed by atoms with van der Waals surface area (Å²) in [7, 11) is 1.77. The van der Waals surface area contributed by atoms with E-state index in [1.165, 1.54) is 12.8 Å². The standard InChI is InChI=1S/C14H23N3O2/c1-10-3-5-14(18-2,6-4-10)13-16-12(19-17-13)7-11-8-15-9-11/h10-11,15H,3-9H2,1-2H3. The molecule has 1 aliphatic carbocycles. The molecular weight excluding hydrogens is 242 g/mol. The topological polar surface area (TPSA) is 60.2 Å². The van der Waals surface area contributed by atoms with Gasteiger partial charge in [-0.25, -0.2) is 0 Å². The molecule has 0 bridgehead atoms. The normalized spacial score (nSPS) is 32.2. The number of ether oxygens (including phenoxy) is 1. The summed E-state index contributed by atoms with van der Waals surface area (Å²) in [5, 5.41) is 7.45. The van der Waals surface area contributed by atoms with Gasteiger partial charge in [0.25, 0.3) is 0 Å². The van der Waals surface area contributed by atoms with Gasteiger partial charge in [0.1, 0.15) is 5.60 Å². The second-order valence-electron chi connectivity index (χ2n) is 6.12. The second kappa shape index (κ2) is 5.21. The number of hydrogen-bond acceptors (Lipinski definition) is 5. The van der Waals surface area contributed by atoms with E-state index < -0.39 is 0 Å². The molecule has 3 rings (SSSR count). The van der Waals surface area contributed by atoms with Crippen LogP contribution in [0.1, 0.15) is 44.3 Å². The van der Waals surface area contributed by atoms with Crippen molar-refractivity contribution in [1.29, 1.82) is 0 Å². The van der Waals surface area contributed by atoms with Crippen LogP contribution in [0.2, 0.25) is 0 Å². The van der Waals surface area contributed by atoms with E-state index in [0.29, 0.717) is 5.92 Å². The predicted octanol–water partition coefficient (Wildman–Crippen LogP) is 1.88. The first-order chi connectivity index (χ1) is 9.22. The molecule has 1 aromatic rings. The van der Waals surface area contributed by atoms with Crippen molar-refractivity contribution >= 4 is 0 Å². The van der Waals surface area contributed by atoms with Gasteiger partial charge in [0.15, 0.2) is 0 Å². The fourth-order valence-electron chi connectivity index (χ4n) is 3.01. The van der Waals surface area contributed by atoms with Crippen molar-refractivity contribution in [1.82, 2.24) is 15.5 Å². The number of methoxy groups -OCH3 is 1. The van der Waals surface area contributed by atoms with Crippen LogP contribution in [-0.4, -0.2) is 30.3 Å². The lowest BCUT2D eigenvalue weighted by Crippen LogP contribution is -2.43. The summed E-state index contributed by atoms with van der Waals surface area (Å²) >= 11 is 0. The maximum Gasteiger partial charge on any atom is 0.227 e. The molecule has 5 nitrogen and oxygen atoms in total. The van der Waals surface area contributed by atoms with E-state index >= 15 is 0 Å². The van der Waals surface area contributed by atoms with Crippen molar-refractivity contribution in [3.05, 3.63) is 11.7 Å². The quantitative estimate of drug-likeness (QED) is 0.900. The van der Waals surface area contributed by atoms with Gasteiger partial charge in [0, 0.05) is 13.5 Å². The molecule has 5 heteroatoms. The van der Waals surface area contributed by atoms with Crippen molar-refractivity contribution in [2.45, 2.75) is 44.6 Å². The zero-order chi connectivity index (χ0) is 13.3. The SMILES string of the molecule is COC1(c2noc(CC3CNC3)n2)CCC(C)CC1. The molecule has 1 N–H and O–H groups in total. The summed E-state index contributed by atoms with van der Waals surface area (Å²) in [4.78, 5) is 4.59. The van der Waals surface area contributed by atoms with Crippen LogP contribution in [0, 0.1) is 11.8 Å². The fourth-order valence-corrected chi connectivity index (χ4v) is 3.01. The van der Waals surface area contributed by atoms with E-state index in [-0.39, 0.29) is 5.60 Å². The highest BCUT2D eigenvalue weighted by Crippen LogP contribution is 2.40. The van der Waals surface area contributed by atoms with Gasteiger partial charge in [0.2, 0.25) is 11.7 Å². The van der Waals surface area contributed by atoms with Crippen LogP contribution < -0.4 is 5.32 Å². The molecule has 1 aliphatic heterocycles. The van der Waals surface area contributed by atoms with Crippen LogP contribution in [0.25, 0.3) is 0 Å². The Balaban J connectivity index is 1.72. The largest absolute Gasteiger partial charge is 0.370 e. The summed E-state index contributed by atoms with van der Waals surface area (Å²) in [6.45, 7) is 4.42. The third kappa shape index (κ3) is 2.54. The van der Waals surface area contributed by atoms with Gasteiger partial charge in [-0.3, -0.25) is 0 Å². The lowest BCUT2D eigenvalue weighted by Gasteiger charge is -2.35. The van der Waals surface area contributed by atoms with Crippen LogP contribution in [-0.2, 0) is 16.8 Å². The molecule has 106 valence electrons. The molecule has 0 unspecified atom stereocenters. The molecule has 19 heavy (non-hydrogen) atoms. The summed E-state index contributed by atoms with van der Waals surface area (Å²) in [5.74, 6) is 2.94. The van der Waals surface area contributed by atoms with Crippen molar-refractivity contribution < 1.29 is 9.26 Å². The van der Waals surface area contributed by atoms with Crippen molar-refractivity contribution in [2.75, 3.05) is 20.2 Å². The summed E-state index contributed by atoms with van der Waals surface area (Å²) < 4.78 is 11.2. The Morgan fingerprint density at radius 2 is 2.11 bits per heavy atom. The van der Waals surface area contributed by atoms with Gasteiger partial charge in [-0.15, -0.1) is 0 Å². The Morgan fingerprint density at radius 3 is 2.68 bits per heavy atom. The molecule has 2 aliphatic rings. The third-order valence-corrected chi connectivity index (χ3v) is 4.68. The van der Waals surface area contributed by atoms with Crippen molar-refractivity contribution in [2.24, 2.45) is 11.8 Å². The first kappa shape index (κ1) is 13.1. The fraction of sp³-hybridized carbons (Fsp3) is 0.857. The lowest BCUT2D eigenvalue weighted by atomic mass is 9.79. The van der Waals surface area contributed by atoms with E-state index in [9.17, 15) is 0 Å². The average molecular weight is 265 g/mol. The maximum atomic E-state index is 5.77. The Bertz CT molecular complexity index is 420. The minimum Gasteiger partial charge on any atom is -0.370 e. The number of nitrogens with one attached hydrogen (secondary N) is 1. The number of hydrogen-bond donors (Lipinski definition) is 1. The Kier molecular flexibility index (Phi) is 3.58. The van der Waals surface area contributed by atoms with E-state index in [2.05, 4.69) is 22.4 Å². The maximum absolute atomic E-state index is 5.77. The second-order valence-corrected chi connectivity index (χ2v) is 6.12. The monoisotopic (exact) mass is 265 g/mol. The third-order valence-electron chi connectivity index (χ3n) is 4.68. The highest BCUT2D eigenvalue weighted by Gasteiger charge is 2.40. The van der Waals surface area contributed by atoms with Gasteiger partial charge in [-0.1, -0.05) is 12.1 Å². The molecule has 1 saturated heterocycles. The molecule has 0 aromatic carbocycles. The van der Waals surface area contributed by atoms with Gasteiger partial charge in [0.05, 0.1) is 0 Å². The van der Waals surface area contributed by atoms with Crippen LogP contribution in [0.15, 0.2) is 4.52 Å². The van der Waals surface area contributed by atoms with E-state index in [0.717, 1.165) is 50.0 Å². The van der Waals surface area contributed by atoms with Crippen LogP contribution >= 0.6 is 0 Å². The van der Waals surface area contributed by atoms with Gasteiger partial charge in [-0.2, -0.15) is 4.98 Å². The Morgan fingerprint density at radius 1 is 1.37 bits per heavy atom. The van der Waals surface area contributed by atoms with Gasteiger partial charge < -0.3 is 14.6 Å². The molecule has 0 spiro atoms. The zero-order valence-corrected chi connectivity index (χ0v) is 11.8. The van der Waals surface area contributed by atoms with E-state index in [1.807, 2.05) is 0 Å². The Hall–Kier alpha value is -0.940. The van der Waals surface area contributed by atoms with Crippen LogP contribution in [0.4, 0.5) is 0 Å². The molecular formula is C14H23N3O2. The summed E-state index contributed by atoms with van der Waals surface area (Å²) in [6.07, 6.45) is 5.22.